The Morgan fingerprint density at radius 1 is 1.42 bits per heavy atom. The lowest BCUT2D eigenvalue weighted by atomic mass is 9.98. The number of amides is 1. The summed E-state index contributed by atoms with van der Waals surface area (Å²) >= 11 is 1.35. The Balaban J connectivity index is 1.43. The van der Waals surface area contributed by atoms with Crippen LogP contribution < -0.4 is 0 Å². The zero-order valence-electron chi connectivity index (χ0n) is 13.4. The van der Waals surface area contributed by atoms with Gasteiger partial charge in [0.2, 0.25) is 5.91 Å². The molecule has 1 aliphatic rings. The van der Waals surface area contributed by atoms with Gasteiger partial charge in [-0.1, -0.05) is 29.8 Å². The first-order valence-electron chi connectivity index (χ1n) is 8.03. The average Bonchev–Trinajstić information content (AvgIpc) is 3.03. The Bertz CT molecular complexity index is 696. The SMILES string of the molecule is C#CCOCC1CCN(C(=O)CSc2nc3ccccc3o2)CC1. The number of benzene rings is 1. The Morgan fingerprint density at radius 2 is 2.21 bits per heavy atom. The standard InChI is InChI=1S/C18H20N2O3S/c1-2-11-22-12-14-7-9-20(10-8-14)17(21)13-24-18-19-15-5-3-4-6-16(15)23-18/h1,3-6,14H,7-13H2. The van der Waals surface area contributed by atoms with Crippen molar-refractivity contribution in [3.8, 4) is 12.3 Å². The molecular formula is C18H20N2O3S. The Labute approximate surface area is 145 Å². The van der Waals surface area contributed by atoms with Crippen LogP contribution >= 0.6 is 11.8 Å². The number of oxazole rings is 1. The number of hydrogen-bond donors (Lipinski definition) is 0. The van der Waals surface area contributed by atoms with Gasteiger partial charge in [-0.2, -0.15) is 0 Å². The number of carbonyl (C=O) groups excluding carboxylic acids is 1. The molecule has 6 heteroatoms. The van der Waals surface area contributed by atoms with Gasteiger partial charge in [0.25, 0.3) is 5.22 Å². The number of rotatable bonds is 6. The van der Waals surface area contributed by atoms with Crippen molar-refractivity contribution in [1.82, 2.24) is 9.88 Å². The Hall–Kier alpha value is -1.97. The van der Waals surface area contributed by atoms with Gasteiger partial charge < -0.3 is 14.1 Å². The number of thioether (sulfide) groups is 1. The third-order valence-electron chi connectivity index (χ3n) is 4.10. The number of nitrogens with zero attached hydrogens (tertiary/aromatic N) is 2. The zero-order valence-corrected chi connectivity index (χ0v) is 14.3. The number of aromatic nitrogens is 1. The molecule has 0 saturated carbocycles. The summed E-state index contributed by atoms with van der Waals surface area (Å²) in [7, 11) is 0. The topological polar surface area (TPSA) is 55.6 Å². The van der Waals surface area contributed by atoms with Crippen molar-refractivity contribution in [2.45, 2.75) is 18.1 Å². The van der Waals surface area contributed by atoms with E-state index in [4.69, 9.17) is 15.6 Å². The summed E-state index contributed by atoms with van der Waals surface area (Å²) in [5.74, 6) is 3.45. The van der Waals surface area contributed by atoms with Crippen LogP contribution in [0.1, 0.15) is 12.8 Å². The van der Waals surface area contributed by atoms with Crippen molar-refractivity contribution >= 4 is 28.8 Å². The first-order chi connectivity index (χ1) is 11.8. The normalized spacial score (nSPS) is 15.5. The van der Waals surface area contributed by atoms with Crippen LogP contribution in [0.5, 0.6) is 0 Å². The minimum atomic E-state index is 0.130. The van der Waals surface area contributed by atoms with Crippen LogP contribution in [0.4, 0.5) is 0 Å². The van der Waals surface area contributed by atoms with E-state index < -0.39 is 0 Å². The van der Waals surface area contributed by atoms with E-state index in [0.29, 0.717) is 30.1 Å². The van der Waals surface area contributed by atoms with Gasteiger partial charge in [0.1, 0.15) is 12.1 Å². The fraction of sp³-hybridized carbons (Fsp3) is 0.444. The highest BCUT2D eigenvalue weighted by atomic mass is 32.2. The van der Waals surface area contributed by atoms with E-state index in [1.807, 2.05) is 29.2 Å². The van der Waals surface area contributed by atoms with Crippen molar-refractivity contribution in [3.63, 3.8) is 0 Å². The summed E-state index contributed by atoms with van der Waals surface area (Å²) in [6, 6.07) is 7.60. The van der Waals surface area contributed by atoms with Crippen molar-refractivity contribution in [1.29, 1.82) is 0 Å². The lowest BCUT2D eigenvalue weighted by Crippen LogP contribution is -2.40. The summed E-state index contributed by atoms with van der Waals surface area (Å²) in [6.07, 6.45) is 7.09. The van der Waals surface area contributed by atoms with E-state index >= 15 is 0 Å². The molecule has 1 aromatic heterocycles. The van der Waals surface area contributed by atoms with Gasteiger partial charge >= 0.3 is 0 Å². The minimum Gasteiger partial charge on any atom is -0.431 e. The smallest absolute Gasteiger partial charge is 0.257 e. The molecule has 1 saturated heterocycles. The number of ether oxygens (including phenoxy) is 1. The van der Waals surface area contributed by atoms with E-state index in [1.54, 1.807) is 0 Å². The number of terminal acetylenes is 1. The Kier molecular flexibility index (Phi) is 5.78. The molecule has 0 N–H and O–H groups in total. The van der Waals surface area contributed by atoms with Crippen LogP contribution in [0.3, 0.4) is 0 Å². The second-order valence-corrected chi connectivity index (χ2v) is 6.71. The van der Waals surface area contributed by atoms with Crippen LogP contribution in [-0.2, 0) is 9.53 Å². The molecule has 1 aromatic carbocycles. The molecule has 2 aromatic rings. The maximum Gasteiger partial charge on any atom is 0.257 e. The molecule has 0 spiro atoms. The van der Waals surface area contributed by atoms with Crippen LogP contribution in [0.25, 0.3) is 11.1 Å². The van der Waals surface area contributed by atoms with Gasteiger partial charge in [-0.15, -0.1) is 6.42 Å². The largest absolute Gasteiger partial charge is 0.431 e. The van der Waals surface area contributed by atoms with Crippen LogP contribution in [0.15, 0.2) is 33.9 Å². The van der Waals surface area contributed by atoms with E-state index in [9.17, 15) is 4.79 Å². The fourth-order valence-corrected chi connectivity index (χ4v) is 3.50. The maximum atomic E-state index is 12.3. The molecule has 2 heterocycles. The number of fused-ring (bicyclic) bond motifs is 1. The molecule has 1 fully saturated rings. The van der Waals surface area contributed by atoms with Crippen molar-refractivity contribution in [3.05, 3.63) is 24.3 Å². The third-order valence-corrected chi connectivity index (χ3v) is 4.91. The van der Waals surface area contributed by atoms with E-state index in [-0.39, 0.29) is 5.91 Å². The van der Waals surface area contributed by atoms with Gasteiger partial charge in [0, 0.05) is 13.1 Å². The molecule has 0 unspecified atom stereocenters. The average molecular weight is 344 g/mol. The summed E-state index contributed by atoms with van der Waals surface area (Å²) in [5, 5.41) is 0.544. The summed E-state index contributed by atoms with van der Waals surface area (Å²) in [5.41, 5.74) is 1.57. The number of likely N-dealkylation sites (tertiary alicyclic amines) is 1. The van der Waals surface area contributed by atoms with E-state index in [0.717, 1.165) is 37.0 Å². The fourth-order valence-electron chi connectivity index (χ4n) is 2.76. The molecule has 1 aliphatic heterocycles. The predicted octanol–water partition coefficient (Wildman–Crippen LogP) is 2.81. The molecule has 0 bridgehead atoms. The van der Waals surface area contributed by atoms with Gasteiger partial charge in [0.05, 0.1) is 12.4 Å². The van der Waals surface area contributed by atoms with Gasteiger partial charge in [0.15, 0.2) is 5.58 Å². The molecule has 0 radical (unpaired) electrons. The van der Waals surface area contributed by atoms with Crippen LogP contribution in [-0.4, -0.2) is 47.8 Å². The van der Waals surface area contributed by atoms with Crippen molar-refractivity contribution in [2.75, 3.05) is 32.1 Å². The van der Waals surface area contributed by atoms with Gasteiger partial charge in [-0.05, 0) is 30.9 Å². The number of carbonyl (C=O) groups is 1. The second-order valence-electron chi connectivity index (χ2n) is 5.78. The van der Waals surface area contributed by atoms with E-state index in [1.165, 1.54) is 11.8 Å². The summed E-state index contributed by atoms with van der Waals surface area (Å²) in [4.78, 5) is 18.6. The van der Waals surface area contributed by atoms with Crippen LogP contribution in [0, 0.1) is 18.3 Å². The lowest BCUT2D eigenvalue weighted by molar-refractivity contribution is -0.130. The molecule has 0 aliphatic carbocycles. The van der Waals surface area contributed by atoms with Crippen molar-refractivity contribution in [2.24, 2.45) is 5.92 Å². The second kappa shape index (κ2) is 8.22. The molecule has 126 valence electrons. The molecular weight excluding hydrogens is 324 g/mol. The molecule has 1 amide bonds. The quantitative estimate of drug-likeness (QED) is 0.458. The van der Waals surface area contributed by atoms with Gasteiger partial charge in [-0.25, -0.2) is 4.98 Å². The van der Waals surface area contributed by atoms with Crippen LogP contribution in [0.2, 0.25) is 0 Å². The molecule has 3 rings (SSSR count). The third kappa shape index (κ3) is 4.31. The maximum absolute atomic E-state index is 12.3. The molecule has 0 atom stereocenters. The lowest BCUT2D eigenvalue weighted by Gasteiger charge is -2.31. The highest BCUT2D eigenvalue weighted by molar-refractivity contribution is 7.99. The minimum absolute atomic E-state index is 0.130. The highest BCUT2D eigenvalue weighted by Crippen LogP contribution is 2.24. The predicted molar refractivity (Wildman–Crippen MR) is 93.7 cm³/mol. The number of hydrogen-bond acceptors (Lipinski definition) is 5. The monoisotopic (exact) mass is 344 g/mol. The highest BCUT2D eigenvalue weighted by Gasteiger charge is 2.23. The summed E-state index contributed by atoms with van der Waals surface area (Å²) < 4.78 is 11.0. The van der Waals surface area contributed by atoms with Crippen molar-refractivity contribution < 1.29 is 13.9 Å². The summed E-state index contributed by atoms with van der Waals surface area (Å²) in [6.45, 7) is 2.60. The van der Waals surface area contributed by atoms with E-state index in [2.05, 4.69) is 10.9 Å². The number of para-hydroxylation sites is 2. The molecule has 5 nitrogen and oxygen atoms in total. The van der Waals surface area contributed by atoms with Gasteiger partial charge in [-0.3, -0.25) is 4.79 Å². The zero-order chi connectivity index (χ0) is 16.8. The number of piperidine rings is 1. The Morgan fingerprint density at radius 3 is 2.96 bits per heavy atom. The first kappa shape index (κ1) is 16.9. The molecule has 24 heavy (non-hydrogen) atoms. The first-order valence-corrected chi connectivity index (χ1v) is 9.02.